The van der Waals surface area contributed by atoms with E-state index in [0.29, 0.717) is 44.7 Å². The molecule has 0 saturated carbocycles. The van der Waals surface area contributed by atoms with E-state index in [1.54, 1.807) is 14.7 Å². The maximum atomic E-state index is 13.4. The minimum atomic E-state index is -1.06. The Kier molecular flexibility index (Phi) is 7.54. The normalized spacial score (nSPS) is 18.9. The van der Waals surface area contributed by atoms with E-state index in [2.05, 4.69) is 5.32 Å². The number of nitrogens with zero attached hydrogens (tertiary/aromatic N) is 4. The molecule has 0 aromatic heterocycles. The zero-order valence-corrected chi connectivity index (χ0v) is 24.0. The van der Waals surface area contributed by atoms with Gasteiger partial charge in [-0.05, 0) is 63.4 Å². The summed E-state index contributed by atoms with van der Waals surface area (Å²) >= 11 is 0. The van der Waals surface area contributed by atoms with E-state index in [4.69, 9.17) is 9.47 Å². The van der Waals surface area contributed by atoms with Crippen LogP contribution in [0, 0.1) is 0 Å². The average Bonchev–Trinajstić information content (AvgIpc) is 3.10. The fourth-order valence-corrected chi connectivity index (χ4v) is 5.48. The first-order chi connectivity index (χ1) is 19.5. The van der Waals surface area contributed by atoms with Crippen molar-refractivity contribution in [3.8, 4) is 0 Å². The Morgan fingerprint density at radius 2 is 1.56 bits per heavy atom. The van der Waals surface area contributed by atoms with Gasteiger partial charge in [0.2, 0.25) is 0 Å². The molecule has 11 heteroatoms. The number of anilines is 2. The Bertz CT molecular complexity index is 1290. The Morgan fingerprint density at radius 3 is 2.17 bits per heavy atom. The summed E-state index contributed by atoms with van der Waals surface area (Å²) in [4.78, 5) is 57.5. The van der Waals surface area contributed by atoms with Gasteiger partial charge in [0, 0.05) is 44.6 Å². The first kappa shape index (κ1) is 28.3. The van der Waals surface area contributed by atoms with Gasteiger partial charge in [-0.2, -0.15) is 0 Å². The predicted molar refractivity (Wildman–Crippen MR) is 152 cm³/mol. The molecule has 2 aromatic rings. The molecule has 0 unspecified atom stereocenters. The summed E-state index contributed by atoms with van der Waals surface area (Å²) in [6.07, 6.45) is -0.138. The number of rotatable bonds is 5. The van der Waals surface area contributed by atoms with E-state index in [1.807, 2.05) is 75.4 Å². The lowest BCUT2D eigenvalue weighted by Gasteiger charge is -2.42. The van der Waals surface area contributed by atoms with Crippen molar-refractivity contribution in [3.05, 3.63) is 60.2 Å². The van der Waals surface area contributed by atoms with E-state index in [-0.39, 0.29) is 30.7 Å². The second-order valence-electron chi connectivity index (χ2n) is 11.8. The van der Waals surface area contributed by atoms with Gasteiger partial charge in [0.05, 0.1) is 6.04 Å². The van der Waals surface area contributed by atoms with Crippen molar-refractivity contribution in [1.82, 2.24) is 14.7 Å². The van der Waals surface area contributed by atoms with Gasteiger partial charge < -0.3 is 24.6 Å². The van der Waals surface area contributed by atoms with Crippen LogP contribution in [-0.4, -0.2) is 89.2 Å². The highest BCUT2D eigenvalue weighted by molar-refractivity contribution is 6.16. The van der Waals surface area contributed by atoms with Crippen LogP contribution in [0.4, 0.5) is 25.8 Å². The van der Waals surface area contributed by atoms with Gasteiger partial charge in [-0.1, -0.05) is 30.3 Å². The van der Waals surface area contributed by atoms with Gasteiger partial charge in [0.1, 0.15) is 17.7 Å². The number of amides is 5. The van der Waals surface area contributed by atoms with Gasteiger partial charge in [-0.15, -0.1) is 0 Å². The molecule has 3 aliphatic rings. The summed E-state index contributed by atoms with van der Waals surface area (Å²) in [6.45, 7) is 7.36. The van der Waals surface area contributed by atoms with Crippen molar-refractivity contribution in [1.29, 1.82) is 0 Å². The number of hydrogen-bond donors (Lipinski definition) is 1. The molecule has 3 saturated heterocycles. The van der Waals surface area contributed by atoms with E-state index in [9.17, 15) is 19.2 Å². The molecule has 41 heavy (non-hydrogen) atoms. The zero-order chi connectivity index (χ0) is 29.4. The standard InChI is InChI=1S/C30H37N5O6/c1-29(2,3)41-28(39)34-18-23(19-34)31-22-10-12-24(13-11-22)35-26(37)32(4)25(36)30(35)14-16-33(17-15-30)27(38)40-20-21-8-6-5-7-9-21/h5-13,23,31H,14-20H2,1-4H3. The lowest BCUT2D eigenvalue weighted by molar-refractivity contribution is -0.131. The molecule has 0 bridgehead atoms. The van der Waals surface area contributed by atoms with E-state index >= 15 is 0 Å². The molecule has 11 nitrogen and oxygen atoms in total. The molecule has 3 heterocycles. The molecule has 1 spiro atoms. The highest BCUT2D eigenvalue weighted by Gasteiger charge is 2.58. The van der Waals surface area contributed by atoms with Crippen LogP contribution < -0.4 is 10.2 Å². The molecule has 0 atom stereocenters. The summed E-state index contributed by atoms with van der Waals surface area (Å²) in [7, 11) is 1.50. The van der Waals surface area contributed by atoms with E-state index < -0.39 is 17.2 Å². The number of carbonyl (C=O) groups excluding carboxylic acids is 4. The number of urea groups is 1. The van der Waals surface area contributed by atoms with Crippen LogP contribution >= 0.6 is 0 Å². The van der Waals surface area contributed by atoms with Crippen molar-refractivity contribution in [2.24, 2.45) is 0 Å². The fraction of sp³-hybridized carbons (Fsp3) is 0.467. The molecule has 0 aliphatic carbocycles. The second kappa shape index (κ2) is 10.9. The maximum Gasteiger partial charge on any atom is 0.410 e. The van der Waals surface area contributed by atoms with E-state index in [1.165, 1.54) is 7.05 Å². The quantitative estimate of drug-likeness (QED) is 0.541. The number of nitrogens with one attached hydrogen (secondary N) is 1. The first-order valence-corrected chi connectivity index (χ1v) is 13.9. The summed E-state index contributed by atoms with van der Waals surface area (Å²) in [5.74, 6) is -0.265. The molecule has 218 valence electrons. The van der Waals surface area contributed by atoms with Crippen molar-refractivity contribution >= 4 is 35.5 Å². The van der Waals surface area contributed by atoms with Crippen molar-refractivity contribution < 1.29 is 28.7 Å². The summed E-state index contributed by atoms with van der Waals surface area (Å²) < 4.78 is 10.9. The topological polar surface area (TPSA) is 112 Å². The predicted octanol–water partition coefficient (Wildman–Crippen LogP) is 4.29. The minimum Gasteiger partial charge on any atom is -0.445 e. The molecular formula is C30H37N5O6. The molecular weight excluding hydrogens is 526 g/mol. The number of likely N-dealkylation sites (tertiary alicyclic amines) is 2. The van der Waals surface area contributed by atoms with Crippen LogP contribution in [-0.2, 0) is 20.9 Å². The van der Waals surface area contributed by atoms with Gasteiger partial charge in [0.25, 0.3) is 5.91 Å². The highest BCUT2D eigenvalue weighted by Crippen LogP contribution is 2.40. The molecule has 1 N–H and O–H groups in total. The third-order valence-electron chi connectivity index (χ3n) is 7.69. The van der Waals surface area contributed by atoms with Crippen LogP contribution in [0.25, 0.3) is 0 Å². The van der Waals surface area contributed by atoms with Gasteiger partial charge in [-0.3, -0.25) is 14.6 Å². The molecule has 3 fully saturated rings. The number of hydrogen-bond acceptors (Lipinski definition) is 7. The smallest absolute Gasteiger partial charge is 0.410 e. The summed E-state index contributed by atoms with van der Waals surface area (Å²) in [5.41, 5.74) is 0.766. The lowest BCUT2D eigenvalue weighted by Crippen LogP contribution is -2.58. The molecule has 0 radical (unpaired) electrons. The summed E-state index contributed by atoms with van der Waals surface area (Å²) in [6, 6.07) is 16.5. The number of imide groups is 1. The monoisotopic (exact) mass is 563 g/mol. The van der Waals surface area contributed by atoms with Gasteiger partial charge in [0.15, 0.2) is 0 Å². The molecule has 3 aliphatic heterocycles. The SMILES string of the molecule is CN1C(=O)N(c2ccc(NC3CN(C(=O)OC(C)(C)C)C3)cc2)C2(CCN(C(=O)OCc3ccccc3)CC2)C1=O. The maximum absolute atomic E-state index is 13.4. The number of ether oxygens (including phenoxy) is 2. The number of carbonyl (C=O) groups is 4. The Labute approximate surface area is 240 Å². The van der Waals surface area contributed by atoms with Crippen LogP contribution in [0.5, 0.6) is 0 Å². The van der Waals surface area contributed by atoms with Gasteiger partial charge >= 0.3 is 18.2 Å². The molecule has 2 aromatic carbocycles. The Morgan fingerprint density at radius 1 is 0.927 bits per heavy atom. The van der Waals surface area contributed by atoms with Crippen molar-refractivity contribution in [2.45, 2.75) is 57.4 Å². The summed E-state index contributed by atoms with van der Waals surface area (Å²) in [5, 5.41) is 3.40. The zero-order valence-electron chi connectivity index (χ0n) is 24.0. The fourth-order valence-electron chi connectivity index (χ4n) is 5.48. The number of likely N-dealkylation sites (N-methyl/N-ethyl adjacent to an activating group) is 1. The average molecular weight is 564 g/mol. The van der Waals surface area contributed by atoms with Crippen LogP contribution in [0.15, 0.2) is 54.6 Å². The van der Waals surface area contributed by atoms with Crippen LogP contribution in [0.3, 0.4) is 0 Å². The highest BCUT2D eigenvalue weighted by atomic mass is 16.6. The van der Waals surface area contributed by atoms with Crippen LogP contribution in [0.2, 0.25) is 0 Å². The number of piperidine rings is 1. The third-order valence-corrected chi connectivity index (χ3v) is 7.69. The first-order valence-electron chi connectivity index (χ1n) is 13.9. The van der Waals surface area contributed by atoms with Crippen molar-refractivity contribution in [3.63, 3.8) is 0 Å². The Balaban J connectivity index is 1.20. The largest absolute Gasteiger partial charge is 0.445 e. The Hall–Kier alpha value is -4.28. The molecule has 5 rings (SSSR count). The lowest BCUT2D eigenvalue weighted by atomic mass is 9.85. The number of benzene rings is 2. The third kappa shape index (κ3) is 5.79. The van der Waals surface area contributed by atoms with Gasteiger partial charge in [-0.25, -0.2) is 14.4 Å². The van der Waals surface area contributed by atoms with Crippen molar-refractivity contribution in [2.75, 3.05) is 43.4 Å². The molecule has 5 amide bonds. The van der Waals surface area contributed by atoms with E-state index in [0.717, 1.165) is 16.2 Å². The minimum absolute atomic E-state index is 0.0896. The van der Waals surface area contributed by atoms with Crippen LogP contribution in [0.1, 0.15) is 39.2 Å². The second-order valence-corrected chi connectivity index (χ2v) is 11.8.